The first-order valence-corrected chi connectivity index (χ1v) is 6.46. The largest absolute Gasteiger partial charge is 0.496 e. The van der Waals surface area contributed by atoms with Gasteiger partial charge in [0.05, 0.1) is 26.9 Å². The van der Waals surface area contributed by atoms with Crippen LogP contribution in [0.5, 0.6) is 17.2 Å². The molecule has 1 rings (SSSR count). The maximum atomic E-state index is 12.1. The van der Waals surface area contributed by atoms with E-state index in [4.69, 9.17) is 14.2 Å². The fourth-order valence-electron chi connectivity index (χ4n) is 1.74. The lowest BCUT2D eigenvalue weighted by atomic mass is 10.1. The lowest BCUT2D eigenvalue weighted by Crippen LogP contribution is -2.31. The van der Waals surface area contributed by atoms with Crippen molar-refractivity contribution in [2.24, 2.45) is 0 Å². The number of rotatable bonds is 8. The third kappa shape index (κ3) is 5.32. The van der Waals surface area contributed by atoms with Crippen LogP contribution in [0.25, 0.3) is 0 Å². The summed E-state index contributed by atoms with van der Waals surface area (Å²) < 4.78 is 15.6. The first-order chi connectivity index (χ1) is 9.67. The summed E-state index contributed by atoms with van der Waals surface area (Å²) in [6.45, 7) is 4.15. The van der Waals surface area contributed by atoms with Gasteiger partial charge in [0.15, 0.2) is 11.5 Å². The van der Waals surface area contributed by atoms with Crippen LogP contribution in [0.2, 0.25) is 0 Å². The van der Waals surface area contributed by atoms with Crippen molar-refractivity contribution in [3.8, 4) is 17.2 Å². The molecule has 2 N–H and O–H groups in total. The van der Waals surface area contributed by atoms with Crippen LogP contribution < -0.4 is 24.8 Å². The van der Waals surface area contributed by atoms with Crippen molar-refractivity contribution < 1.29 is 19.0 Å². The third-order valence-electron chi connectivity index (χ3n) is 2.79. The molecule has 6 nitrogen and oxygen atoms in total. The Morgan fingerprint density at radius 1 is 1.00 bits per heavy atom. The van der Waals surface area contributed by atoms with Gasteiger partial charge in [0.2, 0.25) is 0 Å². The highest BCUT2D eigenvalue weighted by atomic mass is 35.5. The van der Waals surface area contributed by atoms with Gasteiger partial charge in [0, 0.05) is 25.2 Å². The molecular weight excluding hydrogens is 296 g/mol. The predicted octanol–water partition coefficient (Wildman–Crippen LogP) is 1.47. The summed E-state index contributed by atoms with van der Waals surface area (Å²) in [7, 11) is 4.57. The fourth-order valence-corrected chi connectivity index (χ4v) is 1.74. The SMILES string of the molecule is CCNCCNC(=O)c1cc(OC)c(OC)cc1OC.Cl. The Bertz CT molecular complexity index is 455. The van der Waals surface area contributed by atoms with Crippen LogP contribution in [-0.2, 0) is 0 Å². The van der Waals surface area contributed by atoms with Crippen LogP contribution in [0.15, 0.2) is 12.1 Å². The number of halogens is 1. The van der Waals surface area contributed by atoms with E-state index in [0.717, 1.165) is 13.1 Å². The molecule has 7 heteroatoms. The van der Waals surface area contributed by atoms with Gasteiger partial charge in [-0.15, -0.1) is 12.4 Å². The average Bonchev–Trinajstić information content (AvgIpc) is 2.49. The Morgan fingerprint density at radius 2 is 1.57 bits per heavy atom. The number of ether oxygens (including phenoxy) is 3. The summed E-state index contributed by atoms with van der Waals surface area (Å²) in [6, 6.07) is 3.25. The number of hydrogen-bond donors (Lipinski definition) is 2. The summed E-state index contributed by atoms with van der Waals surface area (Å²) in [6.07, 6.45) is 0. The number of amides is 1. The van der Waals surface area contributed by atoms with Crippen molar-refractivity contribution in [2.75, 3.05) is 41.0 Å². The van der Waals surface area contributed by atoms with Gasteiger partial charge in [0.1, 0.15) is 5.75 Å². The standard InChI is InChI=1S/C14H22N2O4.ClH/c1-5-15-6-7-16-14(17)10-8-12(19-3)13(20-4)9-11(10)18-2;/h8-9,15H,5-7H2,1-4H3,(H,16,17);1H. The monoisotopic (exact) mass is 318 g/mol. The summed E-state index contributed by atoms with van der Waals surface area (Å²) >= 11 is 0. The molecule has 0 aliphatic heterocycles. The van der Waals surface area contributed by atoms with Crippen LogP contribution in [0.4, 0.5) is 0 Å². The molecule has 0 heterocycles. The van der Waals surface area contributed by atoms with Crippen LogP contribution in [0.3, 0.4) is 0 Å². The van der Waals surface area contributed by atoms with E-state index in [1.165, 1.54) is 21.3 Å². The van der Waals surface area contributed by atoms with Gasteiger partial charge in [-0.2, -0.15) is 0 Å². The lowest BCUT2D eigenvalue weighted by Gasteiger charge is -2.14. The maximum Gasteiger partial charge on any atom is 0.255 e. The Labute approximate surface area is 131 Å². The third-order valence-corrected chi connectivity index (χ3v) is 2.79. The molecular formula is C14H23ClN2O4. The molecule has 21 heavy (non-hydrogen) atoms. The summed E-state index contributed by atoms with van der Waals surface area (Å²) in [4.78, 5) is 12.1. The number of benzene rings is 1. The molecule has 120 valence electrons. The second kappa shape index (κ2) is 10.1. The quantitative estimate of drug-likeness (QED) is 0.711. The second-order valence-corrected chi connectivity index (χ2v) is 4.02. The number of likely N-dealkylation sites (N-methyl/N-ethyl adjacent to an activating group) is 1. The zero-order valence-electron chi connectivity index (χ0n) is 12.8. The van der Waals surface area contributed by atoms with Gasteiger partial charge in [-0.1, -0.05) is 6.92 Å². The van der Waals surface area contributed by atoms with E-state index in [-0.39, 0.29) is 18.3 Å². The van der Waals surface area contributed by atoms with E-state index in [9.17, 15) is 4.79 Å². The number of nitrogens with one attached hydrogen (secondary N) is 2. The molecule has 0 unspecified atom stereocenters. The predicted molar refractivity (Wildman–Crippen MR) is 84.2 cm³/mol. The van der Waals surface area contributed by atoms with Crippen molar-refractivity contribution in [1.82, 2.24) is 10.6 Å². The highest BCUT2D eigenvalue weighted by Crippen LogP contribution is 2.34. The molecule has 0 aliphatic carbocycles. The van der Waals surface area contributed by atoms with Crippen LogP contribution in [-0.4, -0.2) is 46.9 Å². The smallest absolute Gasteiger partial charge is 0.255 e. The van der Waals surface area contributed by atoms with Crippen LogP contribution in [0.1, 0.15) is 17.3 Å². The average molecular weight is 319 g/mol. The van der Waals surface area contributed by atoms with E-state index in [1.807, 2.05) is 6.92 Å². The Hall–Kier alpha value is -1.66. The molecule has 1 aromatic rings. The minimum Gasteiger partial charge on any atom is -0.496 e. The van der Waals surface area contributed by atoms with Crippen molar-refractivity contribution in [1.29, 1.82) is 0 Å². The topological polar surface area (TPSA) is 68.8 Å². The van der Waals surface area contributed by atoms with Gasteiger partial charge in [-0.3, -0.25) is 4.79 Å². The van der Waals surface area contributed by atoms with Crippen molar-refractivity contribution in [3.05, 3.63) is 17.7 Å². The number of carbonyl (C=O) groups excluding carboxylic acids is 1. The highest BCUT2D eigenvalue weighted by Gasteiger charge is 2.17. The van der Waals surface area contributed by atoms with Crippen LogP contribution >= 0.6 is 12.4 Å². The Kier molecular flexibility index (Phi) is 9.32. The maximum absolute atomic E-state index is 12.1. The second-order valence-electron chi connectivity index (χ2n) is 4.02. The molecule has 0 aromatic heterocycles. The van der Waals surface area contributed by atoms with E-state index < -0.39 is 0 Å². The van der Waals surface area contributed by atoms with Crippen molar-refractivity contribution in [3.63, 3.8) is 0 Å². The Balaban J connectivity index is 0.00000400. The fraction of sp³-hybridized carbons (Fsp3) is 0.500. The molecule has 0 spiro atoms. The first-order valence-electron chi connectivity index (χ1n) is 6.46. The summed E-state index contributed by atoms with van der Waals surface area (Å²) in [5.41, 5.74) is 0.418. The highest BCUT2D eigenvalue weighted by molar-refractivity contribution is 5.97. The normalized spacial score (nSPS) is 9.52. The van der Waals surface area contributed by atoms with Gasteiger partial charge >= 0.3 is 0 Å². The van der Waals surface area contributed by atoms with E-state index in [2.05, 4.69) is 10.6 Å². The van der Waals surface area contributed by atoms with Gasteiger partial charge in [-0.25, -0.2) is 0 Å². The Morgan fingerprint density at radius 3 is 2.10 bits per heavy atom. The van der Waals surface area contributed by atoms with E-state index >= 15 is 0 Å². The molecule has 0 radical (unpaired) electrons. The number of hydrogen-bond acceptors (Lipinski definition) is 5. The van der Waals surface area contributed by atoms with Crippen molar-refractivity contribution >= 4 is 18.3 Å². The minimum absolute atomic E-state index is 0. The number of methoxy groups -OCH3 is 3. The van der Waals surface area contributed by atoms with E-state index in [0.29, 0.717) is 29.4 Å². The summed E-state index contributed by atoms with van der Waals surface area (Å²) in [5.74, 6) is 1.25. The minimum atomic E-state index is -0.208. The first kappa shape index (κ1) is 19.3. The molecule has 0 aliphatic rings. The molecule has 0 saturated carbocycles. The molecule has 0 atom stereocenters. The molecule has 0 fully saturated rings. The number of carbonyl (C=O) groups is 1. The van der Waals surface area contributed by atoms with Crippen LogP contribution in [0, 0.1) is 0 Å². The molecule has 0 saturated heterocycles. The van der Waals surface area contributed by atoms with E-state index in [1.54, 1.807) is 12.1 Å². The van der Waals surface area contributed by atoms with Gasteiger partial charge in [0.25, 0.3) is 5.91 Å². The molecule has 1 aromatic carbocycles. The van der Waals surface area contributed by atoms with Crippen molar-refractivity contribution in [2.45, 2.75) is 6.92 Å². The summed E-state index contributed by atoms with van der Waals surface area (Å²) in [5, 5.41) is 5.95. The lowest BCUT2D eigenvalue weighted by molar-refractivity contribution is 0.0950. The zero-order valence-corrected chi connectivity index (χ0v) is 13.6. The molecule has 1 amide bonds. The van der Waals surface area contributed by atoms with Gasteiger partial charge < -0.3 is 24.8 Å². The zero-order chi connectivity index (χ0) is 15.0. The molecule has 0 bridgehead atoms. The van der Waals surface area contributed by atoms with Gasteiger partial charge in [-0.05, 0) is 6.54 Å².